The molecule has 2 unspecified atom stereocenters. The van der Waals surface area contributed by atoms with E-state index < -0.39 is 0 Å². The van der Waals surface area contributed by atoms with E-state index in [0.717, 1.165) is 15.6 Å². The second kappa shape index (κ2) is 5.41. The summed E-state index contributed by atoms with van der Waals surface area (Å²) >= 11 is 3.45. The molecule has 1 amide bonds. The Hall–Kier alpha value is -0.870. The van der Waals surface area contributed by atoms with Crippen LogP contribution >= 0.6 is 15.9 Å². The number of benzene rings is 1. The molecule has 18 heavy (non-hydrogen) atoms. The lowest BCUT2D eigenvalue weighted by Gasteiger charge is -2.35. The van der Waals surface area contributed by atoms with Crippen molar-refractivity contribution in [2.45, 2.75) is 33.0 Å². The summed E-state index contributed by atoms with van der Waals surface area (Å²) in [5.74, 6) is 0.0904. The minimum atomic E-state index is 0.0904. The summed E-state index contributed by atoms with van der Waals surface area (Å²) in [6.45, 7) is 7.33. The monoisotopic (exact) mass is 311 g/mol. The number of carbonyl (C=O) groups excluding carboxylic acids is 1. The van der Waals surface area contributed by atoms with Gasteiger partial charge in [-0.2, -0.15) is 0 Å². The number of amides is 1. The zero-order valence-corrected chi connectivity index (χ0v) is 12.5. The van der Waals surface area contributed by atoms with Gasteiger partial charge in [-0.25, -0.2) is 0 Å². The Morgan fingerprint density at radius 1 is 1.33 bits per heavy atom. The van der Waals surface area contributed by atoms with Crippen LogP contribution in [0.3, 0.4) is 0 Å². The normalized spacial score (nSPS) is 24.1. The quantitative estimate of drug-likeness (QED) is 0.798. The highest BCUT2D eigenvalue weighted by Gasteiger charge is 2.26. The molecule has 2 rings (SSSR count). The van der Waals surface area contributed by atoms with Crippen molar-refractivity contribution >= 4 is 21.8 Å². The van der Waals surface area contributed by atoms with Crippen LogP contribution in [0.4, 0.5) is 0 Å². The molecule has 1 aliphatic rings. The first-order chi connectivity index (χ1) is 8.47. The maximum atomic E-state index is 12.4. The predicted octanol–water partition coefficient (Wildman–Crippen LogP) is 3.01. The van der Waals surface area contributed by atoms with E-state index in [-0.39, 0.29) is 18.1 Å². The summed E-state index contributed by atoms with van der Waals surface area (Å²) in [5, 5.41) is 0. The molecule has 0 N–H and O–H groups in total. The number of ether oxygens (including phenoxy) is 1. The van der Waals surface area contributed by atoms with Crippen LogP contribution in [-0.4, -0.2) is 36.1 Å². The Bertz CT molecular complexity index is 451. The van der Waals surface area contributed by atoms with Gasteiger partial charge in [-0.15, -0.1) is 0 Å². The lowest BCUT2D eigenvalue weighted by molar-refractivity contribution is -0.0586. The molecule has 0 bridgehead atoms. The number of morpholine rings is 1. The summed E-state index contributed by atoms with van der Waals surface area (Å²) in [6, 6.07) is 5.72. The van der Waals surface area contributed by atoms with Gasteiger partial charge in [0.15, 0.2) is 0 Å². The van der Waals surface area contributed by atoms with Crippen molar-refractivity contribution < 1.29 is 9.53 Å². The molecule has 1 aliphatic heterocycles. The fourth-order valence-corrected chi connectivity index (χ4v) is 2.55. The van der Waals surface area contributed by atoms with Crippen LogP contribution in [0.5, 0.6) is 0 Å². The Morgan fingerprint density at radius 3 is 2.50 bits per heavy atom. The zero-order valence-electron chi connectivity index (χ0n) is 10.9. The van der Waals surface area contributed by atoms with E-state index in [4.69, 9.17) is 4.74 Å². The molecule has 2 atom stereocenters. The van der Waals surface area contributed by atoms with Gasteiger partial charge < -0.3 is 9.64 Å². The molecule has 98 valence electrons. The highest BCUT2D eigenvalue weighted by atomic mass is 79.9. The molecule has 1 aromatic carbocycles. The third-order valence-corrected chi connectivity index (χ3v) is 4.00. The van der Waals surface area contributed by atoms with Crippen molar-refractivity contribution in [2.75, 3.05) is 13.1 Å². The van der Waals surface area contributed by atoms with Gasteiger partial charge in [-0.1, -0.05) is 15.9 Å². The van der Waals surface area contributed by atoms with Gasteiger partial charge in [-0.3, -0.25) is 4.79 Å². The summed E-state index contributed by atoms with van der Waals surface area (Å²) in [7, 11) is 0. The topological polar surface area (TPSA) is 29.5 Å². The maximum Gasteiger partial charge on any atom is 0.254 e. The van der Waals surface area contributed by atoms with E-state index in [9.17, 15) is 4.79 Å². The first kappa shape index (κ1) is 13.6. The second-order valence-corrected chi connectivity index (χ2v) is 5.79. The largest absolute Gasteiger partial charge is 0.372 e. The van der Waals surface area contributed by atoms with Crippen molar-refractivity contribution in [3.8, 4) is 0 Å². The Labute approximate surface area is 116 Å². The number of rotatable bonds is 1. The molecule has 0 saturated carbocycles. The van der Waals surface area contributed by atoms with Crippen molar-refractivity contribution in [3.63, 3.8) is 0 Å². The summed E-state index contributed by atoms with van der Waals surface area (Å²) in [5.41, 5.74) is 1.83. The van der Waals surface area contributed by atoms with E-state index in [1.807, 2.05) is 43.9 Å². The van der Waals surface area contributed by atoms with Crippen LogP contribution in [0, 0.1) is 6.92 Å². The molecule has 0 spiro atoms. The molecule has 4 heteroatoms. The van der Waals surface area contributed by atoms with Crippen LogP contribution < -0.4 is 0 Å². The third-order valence-electron chi connectivity index (χ3n) is 3.11. The fraction of sp³-hybridized carbons (Fsp3) is 0.500. The Balaban J connectivity index is 2.17. The standard InChI is InChI=1S/C14H18BrNO2/c1-9-6-12(4-5-13(9)15)14(17)16-7-10(2)18-11(3)8-16/h4-6,10-11H,7-8H2,1-3H3. The Morgan fingerprint density at radius 2 is 1.94 bits per heavy atom. The highest BCUT2D eigenvalue weighted by Crippen LogP contribution is 2.20. The van der Waals surface area contributed by atoms with Gasteiger partial charge in [0.2, 0.25) is 0 Å². The van der Waals surface area contributed by atoms with Gasteiger partial charge in [0, 0.05) is 23.1 Å². The molecule has 1 heterocycles. The van der Waals surface area contributed by atoms with Crippen molar-refractivity contribution in [1.29, 1.82) is 0 Å². The molecule has 0 aliphatic carbocycles. The van der Waals surface area contributed by atoms with Gasteiger partial charge in [0.05, 0.1) is 12.2 Å². The number of halogens is 1. The first-order valence-corrected chi connectivity index (χ1v) is 6.97. The van der Waals surface area contributed by atoms with E-state index in [2.05, 4.69) is 15.9 Å². The van der Waals surface area contributed by atoms with Crippen molar-refractivity contribution in [1.82, 2.24) is 4.90 Å². The molecule has 0 aromatic heterocycles. The molecule has 1 saturated heterocycles. The summed E-state index contributed by atoms with van der Waals surface area (Å²) in [6.07, 6.45) is 0.212. The second-order valence-electron chi connectivity index (χ2n) is 4.93. The number of carbonyl (C=O) groups is 1. The van der Waals surface area contributed by atoms with Gasteiger partial charge >= 0.3 is 0 Å². The average Bonchev–Trinajstić information content (AvgIpc) is 2.30. The van der Waals surface area contributed by atoms with Crippen LogP contribution in [0.15, 0.2) is 22.7 Å². The van der Waals surface area contributed by atoms with Gasteiger partial charge in [-0.05, 0) is 44.5 Å². The van der Waals surface area contributed by atoms with Crippen molar-refractivity contribution in [2.24, 2.45) is 0 Å². The average molecular weight is 312 g/mol. The maximum absolute atomic E-state index is 12.4. The molecule has 3 nitrogen and oxygen atoms in total. The predicted molar refractivity (Wildman–Crippen MR) is 74.8 cm³/mol. The number of hydrogen-bond donors (Lipinski definition) is 0. The third kappa shape index (κ3) is 2.93. The van der Waals surface area contributed by atoms with Gasteiger partial charge in [0.1, 0.15) is 0 Å². The summed E-state index contributed by atoms with van der Waals surface area (Å²) in [4.78, 5) is 14.3. The van der Waals surface area contributed by atoms with Gasteiger partial charge in [0.25, 0.3) is 5.91 Å². The lowest BCUT2D eigenvalue weighted by Crippen LogP contribution is -2.48. The highest BCUT2D eigenvalue weighted by molar-refractivity contribution is 9.10. The van der Waals surface area contributed by atoms with E-state index in [0.29, 0.717) is 13.1 Å². The minimum Gasteiger partial charge on any atom is -0.372 e. The number of nitrogens with zero attached hydrogens (tertiary/aromatic N) is 1. The van der Waals surface area contributed by atoms with E-state index >= 15 is 0 Å². The molecular formula is C14H18BrNO2. The molecule has 1 fully saturated rings. The number of hydrogen-bond acceptors (Lipinski definition) is 2. The van der Waals surface area contributed by atoms with Crippen LogP contribution in [0.2, 0.25) is 0 Å². The van der Waals surface area contributed by atoms with E-state index in [1.165, 1.54) is 0 Å². The van der Waals surface area contributed by atoms with Crippen molar-refractivity contribution in [3.05, 3.63) is 33.8 Å². The van der Waals surface area contributed by atoms with Crippen LogP contribution in [0.1, 0.15) is 29.8 Å². The first-order valence-electron chi connectivity index (χ1n) is 6.18. The number of aryl methyl sites for hydroxylation is 1. The van der Waals surface area contributed by atoms with Crippen LogP contribution in [0.25, 0.3) is 0 Å². The Kier molecular flexibility index (Phi) is 4.07. The molecule has 1 aromatic rings. The summed E-state index contributed by atoms with van der Waals surface area (Å²) < 4.78 is 6.67. The smallest absolute Gasteiger partial charge is 0.254 e. The zero-order chi connectivity index (χ0) is 13.3. The molecule has 0 radical (unpaired) electrons. The lowest BCUT2D eigenvalue weighted by atomic mass is 10.1. The SMILES string of the molecule is Cc1cc(C(=O)N2CC(C)OC(C)C2)ccc1Br. The molecular weight excluding hydrogens is 294 g/mol. The van der Waals surface area contributed by atoms with Crippen LogP contribution in [-0.2, 0) is 4.74 Å². The fourth-order valence-electron chi connectivity index (χ4n) is 2.30. The minimum absolute atomic E-state index is 0.0904. The van der Waals surface area contributed by atoms with E-state index in [1.54, 1.807) is 0 Å².